The topological polar surface area (TPSA) is 71.7 Å². The van der Waals surface area contributed by atoms with Gasteiger partial charge in [-0.05, 0) is 57.1 Å². The molecule has 1 aliphatic heterocycles. The Kier molecular flexibility index (Phi) is 7.70. The first kappa shape index (κ1) is 33.4. The van der Waals surface area contributed by atoms with Gasteiger partial charge in [0.2, 0.25) is 0 Å². The summed E-state index contributed by atoms with van der Waals surface area (Å²) in [5, 5.41) is 10.4. The second kappa shape index (κ2) is 13.4. The molecule has 1 aromatic heterocycles. The number of ether oxygens (including phenoxy) is 1. The van der Waals surface area contributed by atoms with Crippen LogP contribution in [0, 0.1) is 11.3 Å². The van der Waals surface area contributed by atoms with Crippen molar-refractivity contribution in [2.45, 2.75) is 5.41 Å². The number of hydrogen-bond donors (Lipinski definition) is 0. The second-order valence-corrected chi connectivity index (χ2v) is 14.6. The number of rotatable bonds is 5. The summed E-state index contributed by atoms with van der Waals surface area (Å²) in [6.07, 6.45) is 0. The third kappa shape index (κ3) is 5.06. The van der Waals surface area contributed by atoms with Crippen molar-refractivity contribution in [2.75, 3.05) is 0 Å². The highest BCUT2D eigenvalue weighted by molar-refractivity contribution is 6.03. The van der Waals surface area contributed by atoms with Gasteiger partial charge in [-0.25, -0.2) is 15.0 Å². The minimum absolute atomic E-state index is 0.604. The minimum atomic E-state index is -0.670. The highest BCUT2D eigenvalue weighted by Crippen LogP contribution is 2.64. The number of benzene rings is 8. The smallest absolute Gasteiger partial charge is 0.164 e. The van der Waals surface area contributed by atoms with Crippen LogP contribution in [0.15, 0.2) is 194 Å². The van der Waals surface area contributed by atoms with Gasteiger partial charge in [0, 0.05) is 33.4 Å². The van der Waals surface area contributed by atoms with E-state index in [9.17, 15) is 5.26 Å². The summed E-state index contributed by atoms with van der Waals surface area (Å²) in [6, 6.07) is 69.0. The Hall–Kier alpha value is -7.94. The second-order valence-electron chi connectivity index (χ2n) is 14.6. The molecule has 5 nitrogen and oxygen atoms in total. The molecule has 1 aliphatic carbocycles. The lowest BCUT2D eigenvalue weighted by atomic mass is 9.66. The van der Waals surface area contributed by atoms with Gasteiger partial charge in [-0.1, -0.05) is 176 Å². The van der Waals surface area contributed by atoms with Crippen LogP contribution in [0.3, 0.4) is 0 Å². The molecule has 5 heteroatoms. The third-order valence-corrected chi connectivity index (χ3v) is 11.5. The van der Waals surface area contributed by atoms with E-state index in [1.54, 1.807) is 0 Å². The average molecular weight is 741 g/mol. The first-order valence-electron chi connectivity index (χ1n) is 19.3. The van der Waals surface area contributed by atoms with E-state index in [-0.39, 0.29) is 0 Å². The van der Waals surface area contributed by atoms with Gasteiger partial charge in [0.15, 0.2) is 17.5 Å². The lowest BCUT2D eigenvalue weighted by molar-refractivity contribution is 0.436. The van der Waals surface area contributed by atoms with E-state index in [1.807, 2.05) is 91.0 Å². The van der Waals surface area contributed by atoms with Gasteiger partial charge in [0.25, 0.3) is 0 Å². The molecular weight excluding hydrogens is 709 g/mol. The molecule has 0 radical (unpaired) electrons. The van der Waals surface area contributed by atoms with Crippen molar-refractivity contribution in [1.29, 1.82) is 5.26 Å². The molecule has 1 spiro atoms. The predicted molar refractivity (Wildman–Crippen MR) is 229 cm³/mol. The van der Waals surface area contributed by atoms with E-state index in [1.165, 1.54) is 5.56 Å². The zero-order valence-corrected chi connectivity index (χ0v) is 31.2. The Labute approximate surface area is 336 Å². The van der Waals surface area contributed by atoms with Crippen LogP contribution in [0.2, 0.25) is 0 Å². The molecule has 0 unspecified atom stereocenters. The fraction of sp³-hybridized carbons (Fsp3) is 0.0189. The van der Waals surface area contributed by atoms with Crippen LogP contribution >= 0.6 is 0 Å². The molecule has 0 amide bonds. The van der Waals surface area contributed by atoms with Gasteiger partial charge in [-0.15, -0.1) is 0 Å². The standard InChI is InChI=1S/C53H32N4O/c54-33-38-19-7-8-20-39(38)41-22-14-26-45-49(41)48-40(21-13-25-44(48)53(45)42-23-9-11-27-46(42)58-47-28-12-10-24-43(47)53)34-29-31-37(32-30-34)52-56-50(35-15-3-1-4-16-35)55-51(57-52)36-17-5-2-6-18-36/h1-32H. The highest BCUT2D eigenvalue weighted by Gasteiger charge is 2.52. The van der Waals surface area contributed by atoms with Crippen LogP contribution in [0.5, 0.6) is 11.5 Å². The molecule has 0 bridgehead atoms. The van der Waals surface area contributed by atoms with Crippen LogP contribution in [-0.4, -0.2) is 15.0 Å². The van der Waals surface area contributed by atoms with E-state index in [4.69, 9.17) is 19.7 Å². The molecule has 2 aliphatic rings. The zero-order valence-electron chi connectivity index (χ0n) is 31.2. The van der Waals surface area contributed by atoms with Gasteiger partial charge >= 0.3 is 0 Å². The average Bonchev–Trinajstić information content (AvgIpc) is 3.60. The zero-order chi connectivity index (χ0) is 38.6. The van der Waals surface area contributed by atoms with Crippen molar-refractivity contribution < 1.29 is 4.74 Å². The maximum Gasteiger partial charge on any atom is 0.164 e. The predicted octanol–water partition coefficient (Wildman–Crippen LogP) is 12.5. The van der Waals surface area contributed by atoms with E-state index in [2.05, 4.69) is 109 Å². The van der Waals surface area contributed by atoms with Crippen molar-refractivity contribution in [3.63, 3.8) is 0 Å². The van der Waals surface area contributed by atoms with Gasteiger partial charge in [-0.3, -0.25) is 0 Å². The molecule has 0 N–H and O–H groups in total. The Balaban J connectivity index is 1.14. The summed E-state index contributed by atoms with van der Waals surface area (Å²) in [6.45, 7) is 0. The SMILES string of the molecule is N#Cc1ccccc1-c1cccc2c1-c1c(-c3ccc(-c4nc(-c5ccccc5)nc(-c5ccccc5)n4)cc3)cccc1C21c2ccccc2Oc2ccccc21. The summed E-state index contributed by atoms with van der Waals surface area (Å²) < 4.78 is 6.63. The number of hydrogen-bond acceptors (Lipinski definition) is 5. The Morgan fingerprint density at radius 3 is 1.34 bits per heavy atom. The van der Waals surface area contributed by atoms with Crippen LogP contribution in [0.1, 0.15) is 27.8 Å². The third-order valence-electron chi connectivity index (χ3n) is 11.5. The van der Waals surface area contributed by atoms with Gasteiger partial charge in [0.05, 0.1) is 17.0 Å². The Morgan fingerprint density at radius 2 is 0.776 bits per heavy atom. The first-order valence-corrected chi connectivity index (χ1v) is 19.3. The Bertz CT molecular complexity index is 2990. The highest BCUT2D eigenvalue weighted by atomic mass is 16.5. The van der Waals surface area contributed by atoms with Crippen molar-refractivity contribution in [3.05, 3.63) is 222 Å². The van der Waals surface area contributed by atoms with Crippen LogP contribution in [0.25, 0.3) is 67.5 Å². The quantitative estimate of drug-likeness (QED) is 0.176. The molecule has 270 valence electrons. The molecule has 0 fully saturated rings. The normalized spacial score (nSPS) is 12.7. The molecule has 0 saturated heterocycles. The molecule has 9 aromatic rings. The summed E-state index contributed by atoms with van der Waals surface area (Å²) in [7, 11) is 0. The van der Waals surface area contributed by atoms with Crippen molar-refractivity contribution >= 4 is 0 Å². The Morgan fingerprint density at radius 1 is 0.362 bits per heavy atom. The lowest BCUT2D eigenvalue weighted by Gasteiger charge is -2.39. The minimum Gasteiger partial charge on any atom is -0.457 e. The molecule has 0 atom stereocenters. The number of nitriles is 1. The summed E-state index contributed by atoms with van der Waals surface area (Å²) >= 11 is 0. The molecule has 11 rings (SSSR count). The van der Waals surface area contributed by atoms with Crippen molar-refractivity contribution in [3.8, 4) is 85.1 Å². The van der Waals surface area contributed by atoms with Crippen LogP contribution in [0.4, 0.5) is 0 Å². The number of para-hydroxylation sites is 2. The first-order chi connectivity index (χ1) is 28.7. The van der Waals surface area contributed by atoms with Crippen molar-refractivity contribution in [2.24, 2.45) is 0 Å². The van der Waals surface area contributed by atoms with Crippen molar-refractivity contribution in [1.82, 2.24) is 15.0 Å². The van der Waals surface area contributed by atoms with Gasteiger partial charge in [-0.2, -0.15) is 5.26 Å². The van der Waals surface area contributed by atoms with E-state index >= 15 is 0 Å². The maximum absolute atomic E-state index is 10.4. The maximum atomic E-state index is 10.4. The van der Waals surface area contributed by atoms with E-state index in [0.717, 1.165) is 78.3 Å². The van der Waals surface area contributed by atoms with Crippen LogP contribution in [-0.2, 0) is 5.41 Å². The van der Waals surface area contributed by atoms with Gasteiger partial charge in [0.1, 0.15) is 11.5 Å². The summed E-state index contributed by atoms with van der Waals surface area (Å²) in [4.78, 5) is 14.9. The molecule has 58 heavy (non-hydrogen) atoms. The molecule has 8 aromatic carbocycles. The van der Waals surface area contributed by atoms with Gasteiger partial charge < -0.3 is 4.74 Å². The summed E-state index contributed by atoms with van der Waals surface area (Å²) in [5.41, 5.74) is 13.5. The fourth-order valence-electron chi connectivity index (χ4n) is 9.01. The molecular formula is C53H32N4O. The fourth-order valence-corrected chi connectivity index (χ4v) is 9.01. The lowest BCUT2D eigenvalue weighted by Crippen LogP contribution is -2.32. The number of fused-ring (bicyclic) bond motifs is 9. The number of aromatic nitrogens is 3. The van der Waals surface area contributed by atoms with E-state index < -0.39 is 5.41 Å². The largest absolute Gasteiger partial charge is 0.457 e. The number of nitrogens with zero attached hydrogens (tertiary/aromatic N) is 4. The molecule has 2 heterocycles. The monoisotopic (exact) mass is 740 g/mol. The molecule has 0 saturated carbocycles. The van der Waals surface area contributed by atoms with E-state index in [0.29, 0.717) is 23.0 Å². The summed E-state index contributed by atoms with van der Waals surface area (Å²) in [5.74, 6) is 3.52. The van der Waals surface area contributed by atoms with Crippen LogP contribution < -0.4 is 4.74 Å².